The number of carbonyl (C=O) groups excluding carboxylic acids is 5. The lowest BCUT2D eigenvalue weighted by Gasteiger charge is -2.48. The van der Waals surface area contributed by atoms with Crippen molar-refractivity contribution in [2.75, 3.05) is 7.11 Å². The van der Waals surface area contributed by atoms with Gasteiger partial charge in [-0.3, -0.25) is 24.0 Å². The second-order valence-corrected chi connectivity index (χ2v) is 10.4. The molecule has 5 N–H and O–H groups in total. The molecule has 1 amide bonds. The topological polar surface area (TPSA) is 181 Å². The van der Waals surface area contributed by atoms with Gasteiger partial charge in [0.15, 0.2) is 46.2 Å². The molecule has 5 atom stereocenters. The molecule has 202 valence electrons. The molecule has 2 saturated carbocycles. The Morgan fingerprint density at radius 3 is 2.49 bits per heavy atom. The standard InChI is InChI=1S/C29H27NO9/c1-39-21-9-13(5-7-18(21)31)3-2-4-14-6-8-19(32)23-17(14)11-15-10-16-12-20(33)24(28(30)37)27(36)29(16,38)26(35)22(15)25(23)34/h2,4-9,15-16,22,24,31-32,38H,3,10-12H2,1H3,(H2,30,37)/t15-,16+,22?,24?,29+/m1/s1. The average molecular weight is 534 g/mol. The lowest BCUT2D eigenvalue weighted by atomic mass is 9.53. The summed E-state index contributed by atoms with van der Waals surface area (Å²) in [6.07, 6.45) is 3.97. The van der Waals surface area contributed by atoms with E-state index in [1.54, 1.807) is 24.3 Å². The molecule has 10 heteroatoms. The van der Waals surface area contributed by atoms with Crippen LogP contribution < -0.4 is 10.5 Å². The van der Waals surface area contributed by atoms with Crippen LogP contribution in [-0.2, 0) is 32.0 Å². The maximum atomic E-state index is 13.6. The number of phenols is 2. The van der Waals surface area contributed by atoms with Gasteiger partial charge in [-0.2, -0.15) is 0 Å². The van der Waals surface area contributed by atoms with Crippen LogP contribution in [0.25, 0.3) is 6.08 Å². The Bertz CT molecular complexity index is 1480. The molecule has 39 heavy (non-hydrogen) atoms. The number of benzene rings is 2. The first-order chi connectivity index (χ1) is 18.5. The van der Waals surface area contributed by atoms with Crippen molar-refractivity contribution in [3.05, 3.63) is 58.7 Å². The normalized spacial score (nSPS) is 28.2. The molecule has 0 heterocycles. The third kappa shape index (κ3) is 4.02. The molecule has 0 aromatic heterocycles. The molecular formula is C29H27NO9. The molecule has 5 rings (SSSR count). The molecule has 2 unspecified atom stereocenters. The number of nitrogens with two attached hydrogens (primary N) is 1. The number of hydrogen-bond acceptors (Lipinski definition) is 9. The maximum absolute atomic E-state index is 13.6. The number of aromatic hydroxyl groups is 2. The Morgan fingerprint density at radius 2 is 1.79 bits per heavy atom. The van der Waals surface area contributed by atoms with Crippen molar-refractivity contribution in [1.82, 2.24) is 0 Å². The number of ketones is 4. The maximum Gasteiger partial charge on any atom is 0.235 e. The van der Waals surface area contributed by atoms with E-state index >= 15 is 0 Å². The van der Waals surface area contributed by atoms with Crippen LogP contribution >= 0.6 is 0 Å². The van der Waals surface area contributed by atoms with Crippen molar-refractivity contribution >= 4 is 35.1 Å². The van der Waals surface area contributed by atoms with Crippen LogP contribution in [0.3, 0.4) is 0 Å². The minimum absolute atomic E-state index is 0.0198. The first-order valence-electron chi connectivity index (χ1n) is 12.5. The van der Waals surface area contributed by atoms with E-state index in [4.69, 9.17) is 10.5 Å². The van der Waals surface area contributed by atoms with Crippen LogP contribution in [0.4, 0.5) is 0 Å². The number of Topliss-reactive ketones (excluding diaryl/α,β-unsaturated/α-hetero) is 4. The van der Waals surface area contributed by atoms with Crippen molar-refractivity contribution in [2.24, 2.45) is 29.4 Å². The predicted molar refractivity (Wildman–Crippen MR) is 136 cm³/mol. The third-order valence-electron chi connectivity index (χ3n) is 8.22. The summed E-state index contributed by atoms with van der Waals surface area (Å²) in [6, 6.07) is 7.97. The van der Waals surface area contributed by atoms with Gasteiger partial charge in [0.05, 0.1) is 18.6 Å². The highest BCUT2D eigenvalue weighted by molar-refractivity contribution is 6.31. The van der Waals surface area contributed by atoms with E-state index in [2.05, 4.69) is 0 Å². The number of primary amides is 1. The van der Waals surface area contributed by atoms with Gasteiger partial charge in [-0.05, 0) is 60.1 Å². The molecule has 2 fully saturated rings. The number of aliphatic hydroxyl groups is 1. The Hall–Kier alpha value is -4.31. The van der Waals surface area contributed by atoms with E-state index in [0.29, 0.717) is 23.3 Å². The minimum atomic E-state index is -2.67. The fraction of sp³-hybridized carbons (Fsp3) is 0.345. The minimum Gasteiger partial charge on any atom is -0.507 e. The van der Waals surface area contributed by atoms with Crippen molar-refractivity contribution in [1.29, 1.82) is 0 Å². The summed E-state index contributed by atoms with van der Waals surface area (Å²) in [6.45, 7) is 0. The second-order valence-electron chi connectivity index (χ2n) is 10.4. The molecule has 0 radical (unpaired) electrons. The molecule has 0 bridgehead atoms. The average Bonchev–Trinajstić information content (AvgIpc) is 2.88. The van der Waals surface area contributed by atoms with E-state index in [0.717, 1.165) is 5.56 Å². The Morgan fingerprint density at radius 1 is 1.08 bits per heavy atom. The van der Waals surface area contributed by atoms with Gasteiger partial charge in [0.2, 0.25) is 5.91 Å². The van der Waals surface area contributed by atoms with Crippen molar-refractivity contribution in [2.45, 2.75) is 31.3 Å². The lowest BCUT2D eigenvalue weighted by molar-refractivity contribution is -0.175. The molecule has 0 aliphatic heterocycles. The van der Waals surface area contributed by atoms with Gasteiger partial charge in [0.1, 0.15) is 5.75 Å². The van der Waals surface area contributed by atoms with Crippen LogP contribution in [0, 0.1) is 23.7 Å². The number of rotatable bonds is 5. The quantitative estimate of drug-likeness (QED) is 0.412. The van der Waals surface area contributed by atoms with Gasteiger partial charge in [-0.15, -0.1) is 0 Å². The molecule has 2 aromatic rings. The van der Waals surface area contributed by atoms with E-state index in [9.17, 15) is 39.3 Å². The first-order valence-corrected chi connectivity index (χ1v) is 12.5. The van der Waals surface area contributed by atoms with E-state index < -0.39 is 58.3 Å². The smallest absolute Gasteiger partial charge is 0.235 e. The van der Waals surface area contributed by atoms with Crippen LogP contribution in [0.15, 0.2) is 36.4 Å². The highest BCUT2D eigenvalue weighted by Crippen LogP contribution is 2.50. The summed E-state index contributed by atoms with van der Waals surface area (Å²) >= 11 is 0. The van der Waals surface area contributed by atoms with Gasteiger partial charge < -0.3 is 25.8 Å². The molecule has 3 aliphatic carbocycles. The SMILES string of the molecule is COc1cc(CC=Cc2ccc(O)c3c2C[C@H]2C[C@H]4CC(=O)C(C(N)=O)C(=O)[C@@]4(O)C(=O)C2C3=O)ccc1O. The Balaban J connectivity index is 1.47. The summed E-state index contributed by atoms with van der Waals surface area (Å²) < 4.78 is 5.13. The van der Waals surface area contributed by atoms with Gasteiger partial charge in [0.25, 0.3) is 0 Å². The highest BCUT2D eigenvalue weighted by atomic mass is 16.5. The highest BCUT2D eigenvalue weighted by Gasteiger charge is 2.66. The van der Waals surface area contributed by atoms with Gasteiger partial charge in [-0.1, -0.05) is 24.3 Å². The zero-order valence-corrected chi connectivity index (χ0v) is 21.0. The molecule has 0 saturated heterocycles. The monoisotopic (exact) mass is 533 g/mol. The van der Waals surface area contributed by atoms with E-state index in [-0.39, 0.29) is 36.3 Å². The van der Waals surface area contributed by atoms with Crippen LogP contribution in [-0.4, -0.2) is 57.1 Å². The predicted octanol–water partition coefficient (Wildman–Crippen LogP) is 1.30. The lowest BCUT2D eigenvalue weighted by Crippen LogP contribution is -2.68. The summed E-state index contributed by atoms with van der Waals surface area (Å²) in [4.78, 5) is 64.4. The summed E-state index contributed by atoms with van der Waals surface area (Å²) in [5, 5.41) is 31.6. The summed E-state index contributed by atoms with van der Waals surface area (Å²) in [7, 11) is 1.45. The molecule has 2 aromatic carbocycles. The zero-order valence-electron chi connectivity index (χ0n) is 21.0. The number of amides is 1. The van der Waals surface area contributed by atoms with E-state index in [1.807, 2.05) is 6.08 Å². The van der Waals surface area contributed by atoms with E-state index in [1.165, 1.54) is 19.2 Å². The van der Waals surface area contributed by atoms with Crippen molar-refractivity contribution in [3.8, 4) is 17.2 Å². The van der Waals surface area contributed by atoms with Crippen LogP contribution in [0.1, 0.15) is 39.9 Å². The van der Waals surface area contributed by atoms with Gasteiger partial charge in [0, 0.05) is 12.3 Å². The zero-order chi connectivity index (χ0) is 28.2. The van der Waals surface area contributed by atoms with Crippen LogP contribution in [0.5, 0.6) is 17.2 Å². The number of ether oxygens (including phenoxy) is 1. The molecule has 3 aliphatic rings. The Labute approximate surface area is 223 Å². The largest absolute Gasteiger partial charge is 0.507 e. The van der Waals surface area contributed by atoms with Gasteiger partial charge in [-0.25, -0.2) is 0 Å². The third-order valence-corrected chi connectivity index (χ3v) is 8.22. The first kappa shape index (κ1) is 26.3. The number of phenolic OH excluding ortho intramolecular Hbond substituents is 2. The molecule has 10 nitrogen and oxygen atoms in total. The number of methoxy groups -OCH3 is 1. The molecule has 0 spiro atoms. The summed E-state index contributed by atoms with van der Waals surface area (Å²) in [5.41, 5.74) is 4.53. The number of allylic oxidation sites excluding steroid dienone is 1. The van der Waals surface area contributed by atoms with Crippen molar-refractivity contribution in [3.63, 3.8) is 0 Å². The number of hydrogen-bond donors (Lipinski definition) is 4. The van der Waals surface area contributed by atoms with Gasteiger partial charge >= 0.3 is 0 Å². The Kier molecular flexibility index (Phi) is 6.38. The number of fused-ring (bicyclic) bond motifs is 3. The number of carbonyl (C=O) groups is 5. The fourth-order valence-corrected chi connectivity index (χ4v) is 6.32. The van der Waals surface area contributed by atoms with Crippen molar-refractivity contribution < 1.29 is 44.0 Å². The second kappa shape index (κ2) is 9.46. The van der Waals surface area contributed by atoms with Crippen LogP contribution in [0.2, 0.25) is 0 Å². The fourth-order valence-electron chi connectivity index (χ4n) is 6.32. The molecular weight excluding hydrogens is 506 g/mol. The summed E-state index contributed by atoms with van der Waals surface area (Å²) in [5.74, 6) is -10.0.